The van der Waals surface area contributed by atoms with Crippen LogP contribution in [-0.2, 0) is 16.1 Å². The van der Waals surface area contributed by atoms with E-state index in [0.29, 0.717) is 5.56 Å². The molecule has 0 heterocycles. The minimum absolute atomic E-state index is 0.0570. The fraction of sp³-hybridized carbons (Fsp3) is 0.300. The molecule has 0 spiro atoms. The third-order valence-corrected chi connectivity index (χ3v) is 3.78. The summed E-state index contributed by atoms with van der Waals surface area (Å²) in [5.41, 5.74) is 0.831. The fourth-order valence-corrected chi connectivity index (χ4v) is 2.48. The van der Waals surface area contributed by atoms with Crippen LogP contribution in [0, 0.1) is 23.0 Å². The standard InChI is InChI=1S/C20H21NO6/c1-13(2)11-26-19(22)16-9-4-5-10-17(16)20(23)27-12-15-8-6-7-14(3)18(15)21(24)25/h4-10,13H,11-12H2,1-3H3. The molecule has 27 heavy (non-hydrogen) atoms. The molecule has 0 amide bonds. The van der Waals surface area contributed by atoms with Crippen LogP contribution in [0.2, 0.25) is 0 Å². The number of ether oxygens (including phenoxy) is 2. The van der Waals surface area contributed by atoms with Gasteiger partial charge in [0.2, 0.25) is 0 Å². The molecule has 0 aliphatic rings. The summed E-state index contributed by atoms with van der Waals surface area (Å²) >= 11 is 0. The number of esters is 2. The van der Waals surface area contributed by atoms with Crippen molar-refractivity contribution in [2.45, 2.75) is 27.4 Å². The van der Waals surface area contributed by atoms with E-state index >= 15 is 0 Å². The molecule has 0 bridgehead atoms. The molecule has 0 atom stereocenters. The number of aryl methyl sites for hydroxylation is 1. The van der Waals surface area contributed by atoms with Crippen LogP contribution in [-0.4, -0.2) is 23.5 Å². The van der Waals surface area contributed by atoms with Crippen LogP contribution >= 0.6 is 0 Å². The van der Waals surface area contributed by atoms with E-state index in [9.17, 15) is 19.7 Å². The van der Waals surface area contributed by atoms with Gasteiger partial charge in [-0.3, -0.25) is 10.1 Å². The number of hydrogen-bond acceptors (Lipinski definition) is 6. The van der Waals surface area contributed by atoms with E-state index in [1.165, 1.54) is 18.2 Å². The molecule has 0 aliphatic heterocycles. The average Bonchev–Trinajstić information content (AvgIpc) is 2.63. The van der Waals surface area contributed by atoms with Gasteiger partial charge in [0.25, 0.3) is 5.69 Å². The quantitative estimate of drug-likeness (QED) is 0.413. The number of nitro groups is 1. The third-order valence-electron chi connectivity index (χ3n) is 3.78. The summed E-state index contributed by atoms with van der Waals surface area (Å²) in [6.07, 6.45) is 0. The van der Waals surface area contributed by atoms with Crippen LogP contribution in [0.1, 0.15) is 45.7 Å². The summed E-state index contributed by atoms with van der Waals surface area (Å²) in [6, 6.07) is 11.0. The van der Waals surface area contributed by atoms with E-state index in [0.717, 1.165) is 0 Å². The van der Waals surface area contributed by atoms with Gasteiger partial charge in [-0.1, -0.05) is 38.1 Å². The summed E-state index contributed by atoms with van der Waals surface area (Å²) in [6.45, 7) is 5.39. The van der Waals surface area contributed by atoms with Crippen molar-refractivity contribution in [3.63, 3.8) is 0 Å². The van der Waals surface area contributed by atoms with Gasteiger partial charge < -0.3 is 9.47 Å². The van der Waals surface area contributed by atoms with Gasteiger partial charge >= 0.3 is 11.9 Å². The van der Waals surface area contributed by atoms with Gasteiger partial charge in [-0.2, -0.15) is 0 Å². The number of carbonyl (C=O) groups is 2. The largest absolute Gasteiger partial charge is 0.462 e. The Balaban J connectivity index is 2.17. The van der Waals surface area contributed by atoms with Crippen molar-refractivity contribution in [2.24, 2.45) is 5.92 Å². The highest BCUT2D eigenvalue weighted by Crippen LogP contribution is 2.24. The number of benzene rings is 2. The number of nitro benzene ring substituents is 1. The molecule has 0 aliphatic carbocycles. The van der Waals surface area contributed by atoms with Crippen molar-refractivity contribution in [2.75, 3.05) is 6.61 Å². The molecule has 7 heteroatoms. The van der Waals surface area contributed by atoms with Crippen LogP contribution in [0.4, 0.5) is 5.69 Å². The number of para-hydroxylation sites is 1. The molecule has 7 nitrogen and oxygen atoms in total. The highest BCUT2D eigenvalue weighted by atomic mass is 16.6. The van der Waals surface area contributed by atoms with E-state index in [2.05, 4.69) is 0 Å². The van der Waals surface area contributed by atoms with Gasteiger partial charge in [-0.05, 0) is 31.0 Å². The van der Waals surface area contributed by atoms with E-state index in [4.69, 9.17) is 9.47 Å². The van der Waals surface area contributed by atoms with E-state index < -0.39 is 16.9 Å². The topological polar surface area (TPSA) is 95.7 Å². The number of hydrogen-bond donors (Lipinski definition) is 0. The maximum Gasteiger partial charge on any atom is 0.339 e. The normalized spacial score (nSPS) is 10.5. The molecule has 142 valence electrons. The second kappa shape index (κ2) is 8.93. The van der Waals surface area contributed by atoms with E-state index in [1.807, 2.05) is 13.8 Å². The van der Waals surface area contributed by atoms with Gasteiger partial charge in [-0.15, -0.1) is 0 Å². The van der Waals surface area contributed by atoms with Crippen LogP contribution in [0.3, 0.4) is 0 Å². The first-order valence-corrected chi connectivity index (χ1v) is 8.47. The monoisotopic (exact) mass is 371 g/mol. The summed E-state index contributed by atoms with van der Waals surface area (Å²) < 4.78 is 10.4. The van der Waals surface area contributed by atoms with Gasteiger partial charge in [0.15, 0.2) is 0 Å². The van der Waals surface area contributed by atoms with Gasteiger partial charge in [0.05, 0.1) is 28.2 Å². The van der Waals surface area contributed by atoms with Crippen molar-refractivity contribution in [1.29, 1.82) is 0 Å². The zero-order valence-electron chi connectivity index (χ0n) is 15.4. The molecule has 0 radical (unpaired) electrons. The minimum Gasteiger partial charge on any atom is -0.462 e. The van der Waals surface area contributed by atoms with Crippen LogP contribution in [0.5, 0.6) is 0 Å². The van der Waals surface area contributed by atoms with Crippen LogP contribution in [0.25, 0.3) is 0 Å². The second-order valence-corrected chi connectivity index (χ2v) is 6.45. The summed E-state index contributed by atoms with van der Waals surface area (Å²) in [4.78, 5) is 35.4. The fourth-order valence-electron chi connectivity index (χ4n) is 2.48. The van der Waals surface area contributed by atoms with Crippen molar-refractivity contribution in [3.8, 4) is 0 Å². The van der Waals surface area contributed by atoms with Crippen molar-refractivity contribution in [3.05, 3.63) is 74.8 Å². The Morgan fingerprint density at radius 2 is 1.59 bits per heavy atom. The Bertz CT molecular complexity index is 859. The molecule has 0 saturated carbocycles. The minimum atomic E-state index is -0.747. The van der Waals surface area contributed by atoms with Gasteiger partial charge in [-0.25, -0.2) is 9.59 Å². The first kappa shape index (κ1) is 20.1. The summed E-state index contributed by atoms with van der Waals surface area (Å²) in [7, 11) is 0. The summed E-state index contributed by atoms with van der Waals surface area (Å²) in [5.74, 6) is -1.20. The Kier molecular flexibility index (Phi) is 6.65. The molecule has 0 aromatic heterocycles. The maximum atomic E-state index is 12.4. The lowest BCUT2D eigenvalue weighted by Gasteiger charge is -2.11. The average molecular weight is 371 g/mol. The number of carbonyl (C=O) groups excluding carboxylic acids is 2. The molecule has 0 N–H and O–H groups in total. The first-order valence-electron chi connectivity index (χ1n) is 8.47. The lowest BCUT2D eigenvalue weighted by molar-refractivity contribution is -0.386. The SMILES string of the molecule is Cc1cccc(COC(=O)c2ccccc2C(=O)OCC(C)C)c1[N+](=O)[O-]. The predicted molar refractivity (Wildman–Crippen MR) is 98.5 cm³/mol. The molecule has 2 aromatic carbocycles. The Hall–Kier alpha value is -3.22. The van der Waals surface area contributed by atoms with E-state index in [-0.39, 0.29) is 41.5 Å². The van der Waals surface area contributed by atoms with Crippen molar-refractivity contribution in [1.82, 2.24) is 0 Å². The molecular weight excluding hydrogens is 350 g/mol. The molecule has 0 fully saturated rings. The molecular formula is C20H21NO6. The zero-order valence-corrected chi connectivity index (χ0v) is 15.4. The van der Waals surface area contributed by atoms with Crippen LogP contribution < -0.4 is 0 Å². The van der Waals surface area contributed by atoms with Gasteiger partial charge in [0, 0.05) is 5.56 Å². The maximum absolute atomic E-state index is 12.4. The van der Waals surface area contributed by atoms with Gasteiger partial charge in [0.1, 0.15) is 6.61 Å². The zero-order chi connectivity index (χ0) is 20.0. The predicted octanol–water partition coefficient (Wildman–Crippen LogP) is 4.07. The second-order valence-electron chi connectivity index (χ2n) is 6.45. The Morgan fingerprint density at radius 1 is 1.00 bits per heavy atom. The van der Waals surface area contributed by atoms with Crippen LogP contribution in [0.15, 0.2) is 42.5 Å². The molecule has 2 rings (SSSR count). The number of nitrogens with zero attached hydrogens (tertiary/aromatic N) is 1. The highest BCUT2D eigenvalue weighted by molar-refractivity contribution is 6.03. The third kappa shape index (κ3) is 5.13. The Morgan fingerprint density at radius 3 is 2.15 bits per heavy atom. The first-order chi connectivity index (χ1) is 12.8. The summed E-state index contributed by atoms with van der Waals surface area (Å²) in [5, 5.41) is 11.2. The number of rotatable bonds is 7. The lowest BCUT2D eigenvalue weighted by Crippen LogP contribution is -2.16. The highest BCUT2D eigenvalue weighted by Gasteiger charge is 2.22. The molecule has 2 aromatic rings. The van der Waals surface area contributed by atoms with E-state index in [1.54, 1.807) is 31.2 Å². The lowest BCUT2D eigenvalue weighted by atomic mass is 10.1. The smallest absolute Gasteiger partial charge is 0.339 e. The molecule has 0 saturated heterocycles. The van der Waals surface area contributed by atoms with Crippen molar-refractivity contribution < 1.29 is 24.0 Å². The van der Waals surface area contributed by atoms with Crippen molar-refractivity contribution >= 4 is 17.6 Å². The Labute approximate surface area is 157 Å². The molecule has 0 unspecified atom stereocenters.